The quantitative estimate of drug-likeness (QED) is 0.0797. The first-order valence-electron chi connectivity index (χ1n) is 12.7. The summed E-state index contributed by atoms with van der Waals surface area (Å²) in [6, 6.07) is 0.447. The minimum atomic E-state index is -1.15. The Balaban J connectivity index is 2.30. The molecule has 6 N–H and O–H groups in total. The molecule has 0 bridgehead atoms. The number of non-ortho nitro benzene ring substituents is 1. The number of thioether (sulfide) groups is 1. The number of nitro groups is 1. The van der Waals surface area contributed by atoms with Gasteiger partial charge in [0.05, 0.1) is 10.5 Å². The zero-order valence-corrected chi connectivity index (χ0v) is 23.4. The van der Waals surface area contributed by atoms with Gasteiger partial charge in [-0.05, 0) is 37.2 Å². The summed E-state index contributed by atoms with van der Waals surface area (Å²) in [5.74, 6) is 1.05. The molecule has 0 aliphatic carbocycles. The first kappa shape index (κ1) is 32.9. The number of nitrogens with one attached hydrogen (secondary N) is 4. The molecule has 0 spiro atoms. The van der Waals surface area contributed by atoms with Gasteiger partial charge in [0.15, 0.2) is 6.11 Å². The van der Waals surface area contributed by atoms with Gasteiger partial charge in [0.2, 0.25) is 17.7 Å². The topological polar surface area (TPSA) is 204 Å². The second-order valence-electron chi connectivity index (χ2n) is 9.04. The van der Waals surface area contributed by atoms with Gasteiger partial charge in [-0.3, -0.25) is 34.2 Å². The van der Waals surface area contributed by atoms with Gasteiger partial charge in [-0.25, -0.2) is 0 Å². The van der Waals surface area contributed by atoms with E-state index in [4.69, 9.17) is 12.2 Å². The van der Waals surface area contributed by atoms with Crippen LogP contribution in [0.5, 0.6) is 0 Å². The number of hydrogen-bond donors (Lipinski definition) is 5. The van der Waals surface area contributed by atoms with E-state index < -0.39 is 46.7 Å². The lowest BCUT2D eigenvalue weighted by Gasteiger charge is -2.27. The fraction of sp³-hybridized carbons (Fsp3) is 0.462. The minimum absolute atomic E-state index is 0.0420. The van der Waals surface area contributed by atoms with Crippen LogP contribution in [0, 0.1) is 40.4 Å². The molecule has 14 nitrogen and oxygen atoms in total. The number of rotatable bonds is 11. The highest BCUT2D eigenvalue weighted by Gasteiger charge is 2.33. The van der Waals surface area contributed by atoms with Crippen molar-refractivity contribution in [3.63, 3.8) is 0 Å². The maximum absolute atomic E-state index is 13.4. The van der Waals surface area contributed by atoms with Crippen molar-refractivity contribution in [1.82, 2.24) is 21.4 Å². The zero-order valence-electron chi connectivity index (χ0n) is 22.6. The van der Waals surface area contributed by atoms with Crippen LogP contribution in [-0.4, -0.2) is 59.0 Å². The van der Waals surface area contributed by atoms with Gasteiger partial charge < -0.3 is 21.7 Å². The van der Waals surface area contributed by atoms with Crippen LogP contribution < -0.4 is 27.2 Å². The third-order valence-corrected chi connectivity index (χ3v) is 7.35. The molecule has 1 aromatic rings. The summed E-state index contributed by atoms with van der Waals surface area (Å²) in [6.07, 6.45) is 8.69. The molecular weight excluding hydrogens is 556 g/mol. The lowest BCUT2D eigenvalue weighted by Crippen LogP contribution is -2.57. The first-order valence-corrected chi connectivity index (χ1v) is 13.7. The van der Waals surface area contributed by atoms with Gasteiger partial charge in [0.1, 0.15) is 18.1 Å². The van der Waals surface area contributed by atoms with E-state index in [0.29, 0.717) is 30.7 Å². The van der Waals surface area contributed by atoms with Gasteiger partial charge in [-0.2, -0.15) is 5.48 Å². The molecule has 1 aromatic carbocycles. The molecule has 4 amide bonds. The number of nitrogens with two attached hydrogens (primary N) is 1. The maximum atomic E-state index is 13.4. The van der Waals surface area contributed by atoms with Crippen molar-refractivity contribution >= 4 is 41.1 Å². The summed E-state index contributed by atoms with van der Waals surface area (Å²) < 4.78 is 0. The molecule has 220 valence electrons. The van der Waals surface area contributed by atoms with E-state index in [2.05, 4.69) is 43.3 Å². The van der Waals surface area contributed by atoms with Gasteiger partial charge >= 0.3 is 0 Å². The number of nitrogens with zero attached hydrogens (tertiary/aromatic N) is 1. The fourth-order valence-electron chi connectivity index (χ4n) is 3.71. The van der Waals surface area contributed by atoms with E-state index >= 15 is 0 Å². The molecule has 2 rings (SSSR count). The Kier molecular flexibility index (Phi) is 13.4. The summed E-state index contributed by atoms with van der Waals surface area (Å²) in [4.78, 5) is 72.2. The van der Waals surface area contributed by atoms with Crippen LogP contribution >= 0.6 is 11.8 Å². The van der Waals surface area contributed by atoms with Crippen LogP contribution in [0.25, 0.3) is 0 Å². The summed E-state index contributed by atoms with van der Waals surface area (Å²) in [5.41, 5.74) is 7.67. The fourth-order valence-corrected chi connectivity index (χ4v) is 4.78. The van der Waals surface area contributed by atoms with E-state index in [1.165, 1.54) is 12.1 Å². The van der Waals surface area contributed by atoms with E-state index in [1.807, 2.05) is 12.8 Å². The number of carbonyl (C=O) groups is 4. The van der Waals surface area contributed by atoms with E-state index in [-0.39, 0.29) is 29.3 Å². The largest absolute Gasteiger partial charge is 0.368 e. The molecule has 0 saturated carbocycles. The number of nitro benzene ring substituents is 1. The highest BCUT2D eigenvalue weighted by molar-refractivity contribution is 7.99. The number of carbonyl (C=O) groups excluding carboxylic acids is 4. The van der Waals surface area contributed by atoms with Gasteiger partial charge in [0.25, 0.3) is 11.6 Å². The Hall–Kier alpha value is -4.31. The van der Waals surface area contributed by atoms with Crippen LogP contribution in [0.15, 0.2) is 23.1 Å². The summed E-state index contributed by atoms with van der Waals surface area (Å²) in [6.45, 7) is 3.90. The van der Waals surface area contributed by atoms with E-state index in [0.717, 1.165) is 17.8 Å². The Labute approximate surface area is 241 Å². The molecule has 0 fully saturated rings. The van der Waals surface area contributed by atoms with Crippen molar-refractivity contribution < 1.29 is 34.0 Å². The Bertz CT molecular complexity index is 1240. The molecule has 1 aliphatic rings. The molecule has 4 atom stereocenters. The van der Waals surface area contributed by atoms with Crippen molar-refractivity contribution in [2.45, 2.75) is 62.6 Å². The number of amides is 4. The molecule has 0 unspecified atom stereocenters. The van der Waals surface area contributed by atoms with Crippen molar-refractivity contribution in [1.29, 1.82) is 0 Å². The summed E-state index contributed by atoms with van der Waals surface area (Å²) in [5, 5.41) is 19.3. The predicted molar refractivity (Wildman–Crippen MR) is 148 cm³/mol. The van der Waals surface area contributed by atoms with Crippen LogP contribution in [0.3, 0.4) is 0 Å². The van der Waals surface area contributed by atoms with E-state index in [9.17, 15) is 29.3 Å². The Morgan fingerprint density at radius 3 is 2.68 bits per heavy atom. The molecule has 15 heteroatoms. The van der Waals surface area contributed by atoms with Crippen molar-refractivity contribution in [3.05, 3.63) is 33.9 Å². The monoisotopic (exact) mass is 588 g/mol. The summed E-state index contributed by atoms with van der Waals surface area (Å²) >= 11 is 1.02. The van der Waals surface area contributed by atoms with Gasteiger partial charge in [0, 0.05) is 35.2 Å². The van der Waals surface area contributed by atoms with Crippen LogP contribution in [0.1, 0.15) is 49.9 Å². The predicted octanol–water partition coefficient (Wildman–Crippen LogP) is 0.517. The Morgan fingerprint density at radius 1 is 1.27 bits per heavy atom. The zero-order chi connectivity index (χ0) is 30.4. The number of terminal acetylenes is 1. The lowest BCUT2D eigenvalue weighted by molar-refractivity contribution is -0.384. The minimum Gasteiger partial charge on any atom is -0.368 e. The number of benzene rings is 1. The molecule has 0 radical (unpaired) electrons. The standard InChI is InChI=1S/C26H32N6O8S/c1-4-6-13-39-40-28-12-8-7-9-19-25(35)30-20(23(27)33)15-41-21-11-10-17(32(37)38)14-18(21)24(34)31-22(16(3)5-2)26(36)29-19/h1,10-11,14,16,19-20,22,28H,5,7-9,12,15H2,2-3H3,(H2,27,33)(H,29,36)(H,30,35)(H,31,34)/t16-,19+,20+,22+/m1/s1. The number of hydrogen-bond acceptors (Lipinski definition) is 10. The lowest BCUT2D eigenvalue weighted by atomic mass is 9.97. The second kappa shape index (κ2) is 16.7. The second-order valence-corrected chi connectivity index (χ2v) is 10.1. The number of unbranched alkanes of at least 4 members (excludes halogenated alkanes) is 1. The maximum Gasteiger partial charge on any atom is 0.270 e. The first-order chi connectivity index (χ1) is 19.6. The summed E-state index contributed by atoms with van der Waals surface area (Å²) in [7, 11) is 0. The van der Waals surface area contributed by atoms with Gasteiger partial charge in [-0.1, -0.05) is 25.3 Å². The van der Waals surface area contributed by atoms with Crippen molar-refractivity contribution in [2.75, 3.05) is 12.3 Å². The van der Waals surface area contributed by atoms with Crippen LogP contribution in [-0.2, 0) is 24.3 Å². The normalized spacial score (nSPS) is 20.0. The SMILES string of the molecule is C#CC#COONCCCC[C@@H]1NC(=O)[C@H]([C@H](C)CC)NC(=O)c2cc([N+](=O)[O-])ccc2SC[C@@H](C(N)=O)NC1=O. The van der Waals surface area contributed by atoms with E-state index in [1.54, 1.807) is 6.92 Å². The van der Waals surface area contributed by atoms with Gasteiger partial charge in [-0.15, -0.1) is 18.2 Å². The molecule has 1 heterocycles. The highest BCUT2D eigenvalue weighted by atomic mass is 32.2. The third-order valence-electron chi connectivity index (χ3n) is 6.19. The molecular formula is C26H32N6O8S. The smallest absolute Gasteiger partial charge is 0.270 e. The van der Waals surface area contributed by atoms with Crippen molar-refractivity contribution in [2.24, 2.45) is 11.7 Å². The number of hydroxylamine groups is 1. The molecule has 1 aliphatic heterocycles. The van der Waals surface area contributed by atoms with Crippen LogP contribution in [0.4, 0.5) is 5.69 Å². The average Bonchev–Trinajstić information content (AvgIpc) is 2.95. The van der Waals surface area contributed by atoms with Crippen molar-refractivity contribution in [3.8, 4) is 24.4 Å². The third kappa shape index (κ3) is 10.3. The highest BCUT2D eigenvalue weighted by Crippen LogP contribution is 2.28. The molecule has 41 heavy (non-hydrogen) atoms. The molecule has 0 aromatic heterocycles. The number of primary amides is 1. The Morgan fingerprint density at radius 2 is 2.02 bits per heavy atom. The average molecular weight is 589 g/mol. The number of fused-ring (bicyclic) bond motifs is 1. The van der Waals surface area contributed by atoms with Crippen LogP contribution in [0.2, 0.25) is 0 Å². The molecule has 0 saturated heterocycles.